The van der Waals surface area contributed by atoms with Gasteiger partial charge in [-0.15, -0.1) is 0 Å². The normalized spacial score (nSPS) is 10.8. The highest BCUT2D eigenvalue weighted by Crippen LogP contribution is 2.25. The van der Waals surface area contributed by atoms with E-state index < -0.39 is 0 Å². The first-order valence-electron chi connectivity index (χ1n) is 6.10. The minimum absolute atomic E-state index is 0.417. The Labute approximate surface area is 114 Å². The maximum absolute atomic E-state index is 10.6. The molecule has 0 bridgehead atoms. The van der Waals surface area contributed by atoms with Crippen LogP contribution >= 0.6 is 0 Å². The third-order valence-electron chi connectivity index (χ3n) is 3.26. The molecule has 6 nitrogen and oxygen atoms in total. The maximum atomic E-state index is 10.6. The van der Waals surface area contributed by atoms with E-state index in [0.29, 0.717) is 28.8 Å². The van der Waals surface area contributed by atoms with Gasteiger partial charge in [-0.3, -0.25) is 4.79 Å². The minimum atomic E-state index is 0.417. The SMILES string of the molecule is Cc1nc2nonc2c(N)c1Cc1ccc(C=O)cc1. The van der Waals surface area contributed by atoms with Crippen LogP contribution in [0, 0.1) is 6.92 Å². The second-order valence-corrected chi connectivity index (χ2v) is 4.56. The highest BCUT2D eigenvalue weighted by Gasteiger charge is 2.14. The Morgan fingerprint density at radius 2 is 2.00 bits per heavy atom. The summed E-state index contributed by atoms with van der Waals surface area (Å²) in [5.41, 5.74) is 10.9. The van der Waals surface area contributed by atoms with Crippen molar-refractivity contribution in [2.75, 3.05) is 5.73 Å². The fraction of sp³-hybridized carbons (Fsp3) is 0.143. The molecule has 0 amide bonds. The first-order chi connectivity index (χ1) is 9.69. The monoisotopic (exact) mass is 268 g/mol. The van der Waals surface area contributed by atoms with Crippen LogP contribution < -0.4 is 5.73 Å². The summed E-state index contributed by atoms with van der Waals surface area (Å²) in [6, 6.07) is 7.34. The molecule has 0 saturated heterocycles. The van der Waals surface area contributed by atoms with Gasteiger partial charge in [0.05, 0.1) is 5.69 Å². The molecule has 3 aromatic rings. The number of aromatic nitrogens is 3. The third-order valence-corrected chi connectivity index (χ3v) is 3.26. The van der Waals surface area contributed by atoms with Crippen LogP contribution in [-0.2, 0) is 6.42 Å². The average Bonchev–Trinajstić information content (AvgIpc) is 2.92. The van der Waals surface area contributed by atoms with Gasteiger partial charge >= 0.3 is 0 Å². The molecule has 100 valence electrons. The summed E-state index contributed by atoms with van der Waals surface area (Å²) in [7, 11) is 0. The summed E-state index contributed by atoms with van der Waals surface area (Å²) in [6.45, 7) is 1.87. The number of rotatable bonds is 3. The standard InChI is InChI=1S/C14H12N4O2/c1-8-11(6-9-2-4-10(7-19)5-3-9)12(15)13-14(16-8)18-20-17-13/h2-5,7H,6,15H2,1H3. The van der Waals surface area contributed by atoms with Gasteiger partial charge in [0.25, 0.3) is 0 Å². The van der Waals surface area contributed by atoms with Crippen molar-refractivity contribution in [2.45, 2.75) is 13.3 Å². The van der Waals surface area contributed by atoms with E-state index in [1.165, 1.54) is 0 Å². The van der Waals surface area contributed by atoms with E-state index in [9.17, 15) is 4.79 Å². The maximum Gasteiger partial charge on any atom is 0.226 e. The van der Waals surface area contributed by atoms with Crippen LogP contribution in [-0.4, -0.2) is 21.6 Å². The number of nitrogen functional groups attached to an aromatic ring is 1. The van der Waals surface area contributed by atoms with E-state index >= 15 is 0 Å². The summed E-state index contributed by atoms with van der Waals surface area (Å²) in [4.78, 5) is 15.0. The molecule has 2 heterocycles. The van der Waals surface area contributed by atoms with Gasteiger partial charge in [-0.05, 0) is 22.8 Å². The van der Waals surface area contributed by atoms with E-state index in [-0.39, 0.29) is 0 Å². The van der Waals surface area contributed by atoms with Crippen molar-refractivity contribution in [1.82, 2.24) is 15.3 Å². The lowest BCUT2D eigenvalue weighted by atomic mass is 10.0. The number of pyridine rings is 1. The summed E-state index contributed by atoms with van der Waals surface area (Å²) < 4.78 is 4.65. The summed E-state index contributed by atoms with van der Waals surface area (Å²) in [5.74, 6) is 0. The molecule has 2 aromatic heterocycles. The molecule has 0 aliphatic carbocycles. The number of aryl methyl sites for hydroxylation is 1. The van der Waals surface area contributed by atoms with Gasteiger partial charge in [-0.25, -0.2) is 9.61 Å². The number of nitrogens with zero attached hydrogens (tertiary/aromatic N) is 3. The van der Waals surface area contributed by atoms with Crippen molar-refractivity contribution in [1.29, 1.82) is 0 Å². The van der Waals surface area contributed by atoms with Gasteiger partial charge in [0, 0.05) is 23.2 Å². The Morgan fingerprint density at radius 3 is 2.70 bits per heavy atom. The predicted octanol–water partition coefficient (Wildman–Crippen LogP) is 1.91. The van der Waals surface area contributed by atoms with Crippen LogP contribution in [0.1, 0.15) is 27.2 Å². The molecule has 0 atom stereocenters. The first kappa shape index (κ1) is 12.3. The third kappa shape index (κ3) is 2.01. The van der Waals surface area contributed by atoms with Crippen molar-refractivity contribution in [3.8, 4) is 0 Å². The lowest BCUT2D eigenvalue weighted by molar-refractivity contribution is 0.112. The molecule has 0 saturated carbocycles. The van der Waals surface area contributed by atoms with Gasteiger partial charge in [0.2, 0.25) is 5.65 Å². The number of fused-ring (bicyclic) bond motifs is 1. The van der Waals surface area contributed by atoms with Gasteiger partial charge in [0.15, 0.2) is 5.52 Å². The zero-order valence-corrected chi connectivity index (χ0v) is 10.8. The molecule has 1 aromatic carbocycles. The lowest BCUT2D eigenvalue weighted by Crippen LogP contribution is -2.02. The summed E-state index contributed by atoms with van der Waals surface area (Å²) in [6.07, 6.45) is 1.44. The predicted molar refractivity (Wildman–Crippen MR) is 73.4 cm³/mol. The van der Waals surface area contributed by atoms with E-state index in [2.05, 4.69) is 19.9 Å². The molecular formula is C14H12N4O2. The Hall–Kier alpha value is -2.76. The fourth-order valence-corrected chi connectivity index (χ4v) is 2.13. The number of carbonyl (C=O) groups is 1. The Balaban J connectivity index is 2.02. The number of carbonyl (C=O) groups excluding carboxylic acids is 1. The van der Waals surface area contributed by atoms with E-state index in [1.54, 1.807) is 12.1 Å². The fourth-order valence-electron chi connectivity index (χ4n) is 2.13. The highest BCUT2D eigenvalue weighted by atomic mass is 16.6. The highest BCUT2D eigenvalue weighted by molar-refractivity contribution is 5.85. The van der Waals surface area contributed by atoms with Crippen LogP contribution in [0.5, 0.6) is 0 Å². The molecule has 2 N–H and O–H groups in total. The quantitative estimate of drug-likeness (QED) is 0.729. The molecular weight excluding hydrogens is 256 g/mol. The van der Waals surface area contributed by atoms with Crippen molar-refractivity contribution in [3.05, 3.63) is 46.6 Å². The van der Waals surface area contributed by atoms with Crippen molar-refractivity contribution in [3.63, 3.8) is 0 Å². The van der Waals surface area contributed by atoms with Crippen molar-refractivity contribution >= 4 is 23.1 Å². The summed E-state index contributed by atoms with van der Waals surface area (Å²) >= 11 is 0. The molecule has 0 fully saturated rings. The Kier molecular flexibility index (Phi) is 2.90. The molecule has 6 heteroatoms. The molecule has 20 heavy (non-hydrogen) atoms. The van der Waals surface area contributed by atoms with E-state index in [4.69, 9.17) is 5.73 Å². The van der Waals surface area contributed by atoms with Crippen LogP contribution in [0.3, 0.4) is 0 Å². The number of hydrogen-bond donors (Lipinski definition) is 1. The molecule has 0 unspecified atom stereocenters. The van der Waals surface area contributed by atoms with Crippen molar-refractivity contribution in [2.24, 2.45) is 0 Å². The number of aldehydes is 1. The topological polar surface area (TPSA) is 94.9 Å². The zero-order valence-electron chi connectivity index (χ0n) is 10.8. The van der Waals surface area contributed by atoms with E-state index in [1.807, 2.05) is 19.1 Å². The number of benzene rings is 1. The van der Waals surface area contributed by atoms with Crippen LogP contribution in [0.15, 0.2) is 28.9 Å². The number of nitrogens with two attached hydrogens (primary N) is 1. The van der Waals surface area contributed by atoms with Gasteiger partial charge in [0.1, 0.15) is 6.29 Å². The molecule has 0 spiro atoms. The van der Waals surface area contributed by atoms with Gasteiger partial charge in [-0.2, -0.15) is 0 Å². The largest absolute Gasteiger partial charge is 0.396 e. The number of hydrogen-bond acceptors (Lipinski definition) is 6. The van der Waals surface area contributed by atoms with E-state index in [0.717, 1.165) is 23.1 Å². The Morgan fingerprint density at radius 1 is 1.25 bits per heavy atom. The average molecular weight is 268 g/mol. The van der Waals surface area contributed by atoms with Crippen LogP contribution in [0.4, 0.5) is 5.69 Å². The summed E-state index contributed by atoms with van der Waals surface area (Å²) in [5, 5.41) is 7.46. The zero-order chi connectivity index (χ0) is 14.1. The second-order valence-electron chi connectivity index (χ2n) is 4.56. The molecule has 0 aliphatic rings. The number of anilines is 1. The first-order valence-corrected chi connectivity index (χ1v) is 6.10. The lowest BCUT2D eigenvalue weighted by Gasteiger charge is -2.08. The van der Waals surface area contributed by atoms with Crippen LogP contribution in [0.25, 0.3) is 11.2 Å². The molecule has 0 radical (unpaired) electrons. The van der Waals surface area contributed by atoms with Gasteiger partial charge in [-0.1, -0.05) is 24.3 Å². The second kappa shape index (κ2) is 4.73. The van der Waals surface area contributed by atoms with Gasteiger partial charge < -0.3 is 5.73 Å². The molecule has 0 aliphatic heterocycles. The molecule has 3 rings (SSSR count). The minimum Gasteiger partial charge on any atom is -0.396 e. The Bertz CT molecular complexity index is 778. The smallest absolute Gasteiger partial charge is 0.226 e. The van der Waals surface area contributed by atoms with Crippen LogP contribution in [0.2, 0.25) is 0 Å². The van der Waals surface area contributed by atoms with Crippen molar-refractivity contribution < 1.29 is 9.42 Å².